The zero-order valence-corrected chi connectivity index (χ0v) is 16.7. The summed E-state index contributed by atoms with van der Waals surface area (Å²) in [7, 11) is 0. The summed E-state index contributed by atoms with van der Waals surface area (Å²) in [5.41, 5.74) is 2.54. The minimum atomic E-state index is -0.228. The van der Waals surface area contributed by atoms with Gasteiger partial charge in [-0.1, -0.05) is 37.3 Å². The molecule has 0 aliphatic rings. The van der Waals surface area contributed by atoms with E-state index in [-0.39, 0.29) is 25.0 Å². The Hall–Kier alpha value is -3.59. The predicted molar refractivity (Wildman–Crippen MR) is 113 cm³/mol. The lowest BCUT2D eigenvalue weighted by Gasteiger charge is -2.20. The molecule has 6 heteroatoms. The molecule has 2 amide bonds. The van der Waals surface area contributed by atoms with Crippen LogP contribution in [0.3, 0.4) is 0 Å². The second kappa shape index (κ2) is 11.3. The molecule has 0 aliphatic heterocycles. The number of benzene rings is 2. The molecule has 0 aliphatic carbocycles. The Kier molecular flexibility index (Phi) is 8.46. The molecule has 0 atom stereocenters. The molecular formula is C23H25N3O3. The van der Waals surface area contributed by atoms with Crippen LogP contribution in [0.5, 0.6) is 5.75 Å². The van der Waals surface area contributed by atoms with E-state index in [2.05, 4.69) is 5.32 Å². The SMILES string of the molecule is CCCN(CC(=O)Nc1ccccc1C)C(=O)/C=C/c1ccc(OCC#N)cc1. The molecular weight excluding hydrogens is 366 g/mol. The van der Waals surface area contributed by atoms with E-state index in [0.29, 0.717) is 12.3 Å². The molecule has 1 N–H and O–H groups in total. The van der Waals surface area contributed by atoms with Crippen LogP contribution >= 0.6 is 0 Å². The highest BCUT2D eigenvalue weighted by atomic mass is 16.5. The van der Waals surface area contributed by atoms with Gasteiger partial charge in [-0.05, 0) is 48.7 Å². The fourth-order valence-electron chi connectivity index (χ4n) is 2.68. The largest absolute Gasteiger partial charge is 0.479 e. The highest BCUT2D eigenvalue weighted by molar-refractivity contribution is 5.98. The van der Waals surface area contributed by atoms with Crippen LogP contribution in [-0.4, -0.2) is 36.4 Å². The third-order valence-electron chi connectivity index (χ3n) is 4.16. The Bertz CT molecular complexity index is 898. The number of ether oxygens (including phenoxy) is 1. The van der Waals surface area contributed by atoms with Gasteiger partial charge in [-0.15, -0.1) is 0 Å². The summed E-state index contributed by atoms with van der Waals surface area (Å²) in [4.78, 5) is 26.5. The number of hydrogen-bond acceptors (Lipinski definition) is 4. The minimum absolute atomic E-state index is 0.00765. The topological polar surface area (TPSA) is 82.4 Å². The summed E-state index contributed by atoms with van der Waals surface area (Å²) >= 11 is 0. The summed E-state index contributed by atoms with van der Waals surface area (Å²) in [6, 6.07) is 16.5. The van der Waals surface area contributed by atoms with E-state index < -0.39 is 0 Å². The molecule has 2 rings (SSSR count). The first kappa shape index (κ1) is 21.7. The van der Waals surface area contributed by atoms with Gasteiger partial charge in [0.05, 0.1) is 0 Å². The number of hydrogen-bond donors (Lipinski definition) is 1. The molecule has 2 aromatic rings. The molecule has 150 valence electrons. The van der Waals surface area contributed by atoms with Crippen LogP contribution in [0.2, 0.25) is 0 Å². The predicted octanol–water partition coefficient (Wildman–Crippen LogP) is 3.79. The van der Waals surface area contributed by atoms with Crippen molar-refractivity contribution in [2.75, 3.05) is 25.0 Å². The number of nitrogens with one attached hydrogen (secondary N) is 1. The molecule has 2 aromatic carbocycles. The summed E-state index contributed by atoms with van der Waals surface area (Å²) in [6.07, 6.45) is 3.91. The molecule has 0 heterocycles. The average Bonchev–Trinajstić information content (AvgIpc) is 2.72. The number of amides is 2. The van der Waals surface area contributed by atoms with Crippen LogP contribution in [-0.2, 0) is 9.59 Å². The zero-order valence-electron chi connectivity index (χ0n) is 16.7. The van der Waals surface area contributed by atoms with Crippen molar-refractivity contribution in [3.63, 3.8) is 0 Å². The summed E-state index contributed by atoms with van der Waals surface area (Å²) in [5, 5.41) is 11.4. The van der Waals surface area contributed by atoms with Crippen LogP contribution < -0.4 is 10.1 Å². The van der Waals surface area contributed by atoms with Gasteiger partial charge in [0.1, 0.15) is 18.4 Å². The van der Waals surface area contributed by atoms with Crippen molar-refractivity contribution in [2.45, 2.75) is 20.3 Å². The van der Waals surface area contributed by atoms with E-state index >= 15 is 0 Å². The molecule has 0 unspecified atom stereocenters. The Morgan fingerprint density at radius 2 is 1.90 bits per heavy atom. The normalized spacial score (nSPS) is 10.4. The van der Waals surface area contributed by atoms with Gasteiger partial charge in [0.2, 0.25) is 11.8 Å². The monoisotopic (exact) mass is 391 g/mol. The molecule has 0 spiro atoms. The van der Waals surface area contributed by atoms with Crippen molar-refractivity contribution >= 4 is 23.6 Å². The zero-order chi connectivity index (χ0) is 21.1. The van der Waals surface area contributed by atoms with E-state index in [1.54, 1.807) is 30.3 Å². The number of rotatable bonds is 9. The van der Waals surface area contributed by atoms with Crippen molar-refractivity contribution in [2.24, 2.45) is 0 Å². The maximum Gasteiger partial charge on any atom is 0.247 e. The van der Waals surface area contributed by atoms with Gasteiger partial charge < -0.3 is 15.0 Å². The number of anilines is 1. The van der Waals surface area contributed by atoms with Gasteiger partial charge >= 0.3 is 0 Å². The molecule has 29 heavy (non-hydrogen) atoms. The standard InChI is InChI=1S/C23H25N3O3/c1-3-15-26(17-22(27)25-21-7-5-4-6-18(21)2)23(28)13-10-19-8-11-20(12-9-19)29-16-14-24/h4-13H,3,15-17H2,1-2H3,(H,25,27)/b13-10+. The quantitative estimate of drug-likeness (QED) is 0.660. The molecule has 0 fully saturated rings. The second-order valence-corrected chi connectivity index (χ2v) is 6.47. The van der Waals surface area contributed by atoms with Crippen LogP contribution in [0.25, 0.3) is 6.08 Å². The van der Waals surface area contributed by atoms with E-state index in [4.69, 9.17) is 10.00 Å². The van der Waals surface area contributed by atoms with Crippen molar-refractivity contribution < 1.29 is 14.3 Å². The number of para-hydroxylation sites is 1. The third-order valence-corrected chi connectivity index (χ3v) is 4.16. The highest BCUT2D eigenvalue weighted by Gasteiger charge is 2.15. The van der Waals surface area contributed by atoms with Crippen molar-refractivity contribution in [3.8, 4) is 11.8 Å². The van der Waals surface area contributed by atoms with Gasteiger partial charge in [0, 0.05) is 18.3 Å². The van der Waals surface area contributed by atoms with Crippen molar-refractivity contribution in [1.29, 1.82) is 5.26 Å². The summed E-state index contributed by atoms with van der Waals surface area (Å²) in [6.45, 7) is 4.36. The van der Waals surface area contributed by atoms with E-state index in [1.165, 1.54) is 11.0 Å². The van der Waals surface area contributed by atoms with E-state index in [9.17, 15) is 9.59 Å². The van der Waals surface area contributed by atoms with Gasteiger partial charge in [-0.25, -0.2) is 0 Å². The third kappa shape index (κ3) is 7.15. The number of carbonyl (C=O) groups is 2. The maximum atomic E-state index is 12.6. The van der Waals surface area contributed by atoms with Crippen LogP contribution in [0.15, 0.2) is 54.6 Å². The van der Waals surface area contributed by atoms with Gasteiger partial charge in [-0.2, -0.15) is 5.26 Å². The first-order valence-electron chi connectivity index (χ1n) is 9.45. The van der Waals surface area contributed by atoms with E-state index in [0.717, 1.165) is 23.2 Å². The van der Waals surface area contributed by atoms with Crippen molar-refractivity contribution in [3.05, 3.63) is 65.7 Å². The van der Waals surface area contributed by atoms with Gasteiger partial charge in [-0.3, -0.25) is 9.59 Å². The fourth-order valence-corrected chi connectivity index (χ4v) is 2.68. The Balaban J connectivity index is 1.97. The number of aryl methyl sites for hydroxylation is 1. The van der Waals surface area contributed by atoms with Crippen LogP contribution in [0, 0.1) is 18.3 Å². The van der Waals surface area contributed by atoms with Gasteiger partial charge in [0.25, 0.3) is 0 Å². The van der Waals surface area contributed by atoms with E-state index in [1.807, 2.05) is 44.2 Å². The summed E-state index contributed by atoms with van der Waals surface area (Å²) < 4.78 is 5.20. The number of nitriles is 1. The van der Waals surface area contributed by atoms with Crippen molar-refractivity contribution in [1.82, 2.24) is 4.90 Å². The van der Waals surface area contributed by atoms with Gasteiger partial charge in [0.15, 0.2) is 6.61 Å². The molecule has 6 nitrogen and oxygen atoms in total. The average molecular weight is 391 g/mol. The molecule has 0 saturated carbocycles. The molecule has 0 aromatic heterocycles. The second-order valence-electron chi connectivity index (χ2n) is 6.47. The van der Waals surface area contributed by atoms with Crippen LogP contribution in [0.4, 0.5) is 5.69 Å². The maximum absolute atomic E-state index is 12.6. The molecule has 0 bridgehead atoms. The molecule has 0 radical (unpaired) electrons. The highest BCUT2D eigenvalue weighted by Crippen LogP contribution is 2.14. The lowest BCUT2D eigenvalue weighted by molar-refractivity contribution is -0.130. The lowest BCUT2D eigenvalue weighted by atomic mass is 10.2. The number of carbonyl (C=O) groups excluding carboxylic acids is 2. The Morgan fingerprint density at radius 3 is 2.55 bits per heavy atom. The fraction of sp³-hybridized carbons (Fsp3) is 0.261. The smallest absolute Gasteiger partial charge is 0.247 e. The molecule has 0 saturated heterocycles. The number of nitrogens with zero attached hydrogens (tertiary/aromatic N) is 2. The minimum Gasteiger partial charge on any atom is -0.479 e. The summed E-state index contributed by atoms with van der Waals surface area (Å²) in [5.74, 6) is 0.139. The lowest BCUT2D eigenvalue weighted by Crippen LogP contribution is -2.37. The van der Waals surface area contributed by atoms with Crippen LogP contribution in [0.1, 0.15) is 24.5 Å². The Morgan fingerprint density at radius 1 is 1.17 bits per heavy atom. The first-order valence-corrected chi connectivity index (χ1v) is 9.45. The Labute approximate surface area is 171 Å². The first-order chi connectivity index (χ1) is 14.0.